The Morgan fingerprint density at radius 1 is 1.30 bits per heavy atom. The fourth-order valence-electron chi connectivity index (χ4n) is 3.40. The third-order valence-corrected chi connectivity index (χ3v) is 6.44. The van der Waals surface area contributed by atoms with Gasteiger partial charge in [0.2, 0.25) is 0 Å². The second-order valence-corrected chi connectivity index (χ2v) is 8.97. The van der Waals surface area contributed by atoms with Crippen LogP contribution in [0.5, 0.6) is 0 Å². The number of ether oxygens (including phenoxy) is 1. The molecule has 0 unspecified atom stereocenters. The standard InChI is InChI=1S/C19H27N3O4S/c1-15(2)22-12-18(20-14-22)27(24,25)21-13-19(23,16-6-4-3-5-7-16)17-8-10-26-11-9-17/h3-7,12,14-15,17,21,23H,8-11,13H2,1-2H3/t19-/m1/s1. The van der Waals surface area contributed by atoms with Gasteiger partial charge in [-0.3, -0.25) is 0 Å². The maximum Gasteiger partial charge on any atom is 0.259 e. The molecule has 27 heavy (non-hydrogen) atoms. The number of nitrogens with zero attached hydrogens (tertiary/aromatic N) is 2. The van der Waals surface area contributed by atoms with E-state index in [1.807, 2.05) is 44.2 Å². The molecule has 2 aromatic rings. The zero-order chi connectivity index (χ0) is 19.5. The van der Waals surface area contributed by atoms with Crippen molar-refractivity contribution in [1.82, 2.24) is 14.3 Å². The van der Waals surface area contributed by atoms with Gasteiger partial charge in [0.15, 0.2) is 5.03 Å². The average molecular weight is 394 g/mol. The molecular formula is C19H27N3O4S. The van der Waals surface area contributed by atoms with Gasteiger partial charge in [0.05, 0.1) is 6.33 Å². The lowest BCUT2D eigenvalue weighted by Crippen LogP contribution is -2.47. The van der Waals surface area contributed by atoms with Gasteiger partial charge in [0.1, 0.15) is 5.60 Å². The maximum absolute atomic E-state index is 12.7. The molecule has 0 radical (unpaired) electrons. The summed E-state index contributed by atoms with van der Waals surface area (Å²) < 4.78 is 35.1. The van der Waals surface area contributed by atoms with E-state index < -0.39 is 15.6 Å². The van der Waals surface area contributed by atoms with Crippen molar-refractivity contribution in [2.45, 2.75) is 43.4 Å². The van der Waals surface area contributed by atoms with Crippen LogP contribution >= 0.6 is 0 Å². The first-order valence-electron chi connectivity index (χ1n) is 9.22. The Morgan fingerprint density at radius 3 is 2.56 bits per heavy atom. The van der Waals surface area contributed by atoms with Gasteiger partial charge in [0, 0.05) is 32.0 Å². The number of imidazole rings is 1. The molecule has 0 amide bonds. The minimum absolute atomic E-state index is 0.0430. The second-order valence-electron chi connectivity index (χ2n) is 7.25. The minimum atomic E-state index is -3.83. The van der Waals surface area contributed by atoms with Crippen LogP contribution in [0, 0.1) is 5.92 Å². The molecule has 7 nitrogen and oxygen atoms in total. The van der Waals surface area contributed by atoms with E-state index in [9.17, 15) is 13.5 Å². The van der Waals surface area contributed by atoms with E-state index in [4.69, 9.17) is 4.74 Å². The third-order valence-electron chi connectivity index (χ3n) is 5.15. The van der Waals surface area contributed by atoms with Crippen LogP contribution in [0.25, 0.3) is 0 Å². The largest absolute Gasteiger partial charge is 0.383 e. The van der Waals surface area contributed by atoms with Crippen molar-refractivity contribution < 1.29 is 18.3 Å². The predicted octanol–water partition coefficient (Wildman–Crippen LogP) is 2.06. The van der Waals surface area contributed by atoms with E-state index in [-0.39, 0.29) is 23.5 Å². The summed E-state index contributed by atoms with van der Waals surface area (Å²) in [6.45, 7) is 4.91. The summed E-state index contributed by atoms with van der Waals surface area (Å²) in [6, 6.07) is 9.34. The zero-order valence-electron chi connectivity index (χ0n) is 15.7. The number of nitrogens with one attached hydrogen (secondary N) is 1. The molecule has 1 aromatic heterocycles. The van der Waals surface area contributed by atoms with Crippen molar-refractivity contribution in [2.75, 3.05) is 19.8 Å². The van der Waals surface area contributed by atoms with E-state index in [1.54, 1.807) is 4.57 Å². The molecular weight excluding hydrogens is 366 g/mol. The summed E-state index contributed by atoms with van der Waals surface area (Å²) in [7, 11) is -3.83. The SMILES string of the molecule is CC(C)n1cnc(S(=O)(=O)NC[C@@](O)(c2ccccc2)C2CCOCC2)c1. The fourth-order valence-corrected chi connectivity index (χ4v) is 4.41. The van der Waals surface area contributed by atoms with Gasteiger partial charge in [-0.15, -0.1) is 0 Å². The van der Waals surface area contributed by atoms with E-state index in [0.29, 0.717) is 31.6 Å². The molecule has 1 aliphatic rings. The van der Waals surface area contributed by atoms with Crippen LogP contribution < -0.4 is 4.72 Å². The van der Waals surface area contributed by atoms with Crippen LogP contribution in [0.4, 0.5) is 0 Å². The third kappa shape index (κ3) is 4.40. The van der Waals surface area contributed by atoms with Crippen LogP contribution in [0.3, 0.4) is 0 Å². The van der Waals surface area contributed by atoms with Crippen molar-refractivity contribution in [1.29, 1.82) is 0 Å². The summed E-state index contributed by atoms with van der Waals surface area (Å²) >= 11 is 0. The number of rotatable bonds is 7. The molecule has 0 spiro atoms. The van der Waals surface area contributed by atoms with Gasteiger partial charge in [0.25, 0.3) is 10.0 Å². The van der Waals surface area contributed by atoms with Gasteiger partial charge in [-0.2, -0.15) is 0 Å². The number of hydrogen-bond acceptors (Lipinski definition) is 5. The van der Waals surface area contributed by atoms with Crippen LogP contribution in [-0.4, -0.2) is 42.8 Å². The Balaban J connectivity index is 1.83. The average Bonchev–Trinajstić information content (AvgIpc) is 3.19. The lowest BCUT2D eigenvalue weighted by Gasteiger charge is -2.39. The molecule has 1 aliphatic heterocycles. The number of sulfonamides is 1. The first-order valence-corrected chi connectivity index (χ1v) is 10.7. The Hall–Kier alpha value is -1.74. The first kappa shape index (κ1) is 20.0. The molecule has 3 rings (SSSR count). The van der Waals surface area contributed by atoms with Crippen LogP contribution in [0.15, 0.2) is 47.9 Å². The molecule has 2 N–H and O–H groups in total. The summed E-state index contributed by atoms with van der Waals surface area (Å²) in [5, 5.41) is 11.5. The lowest BCUT2D eigenvalue weighted by molar-refractivity contribution is -0.0664. The highest BCUT2D eigenvalue weighted by molar-refractivity contribution is 7.89. The number of benzene rings is 1. The van der Waals surface area contributed by atoms with Crippen molar-refractivity contribution >= 4 is 10.0 Å². The van der Waals surface area contributed by atoms with Gasteiger partial charge >= 0.3 is 0 Å². The zero-order valence-corrected chi connectivity index (χ0v) is 16.5. The number of aliphatic hydroxyl groups is 1. The monoisotopic (exact) mass is 393 g/mol. The normalized spacial score (nSPS) is 18.5. The van der Waals surface area contributed by atoms with Crippen molar-refractivity contribution in [2.24, 2.45) is 5.92 Å². The van der Waals surface area contributed by atoms with Crippen LogP contribution in [-0.2, 0) is 20.4 Å². The quantitative estimate of drug-likeness (QED) is 0.751. The second kappa shape index (κ2) is 8.10. The molecule has 1 aromatic carbocycles. The summed E-state index contributed by atoms with van der Waals surface area (Å²) in [5.41, 5.74) is -0.606. The van der Waals surface area contributed by atoms with Gasteiger partial charge in [-0.05, 0) is 38.2 Å². The molecule has 0 saturated carbocycles. The van der Waals surface area contributed by atoms with E-state index in [0.717, 1.165) is 0 Å². The van der Waals surface area contributed by atoms with E-state index >= 15 is 0 Å². The molecule has 2 heterocycles. The molecule has 8 heteroatoms. The van der Waals surface area contributed by atoms with Crippen LogP contribution in [0.2, 0.25) is 0 Å². The molecule has 148 valence electrons. The summed E-state index contributed by atoms with van der Waals surface area (Å²) in [6.07, 6.45) is 4.36. The number of aromatic nitrogens is 2. The summed E-state index contributed by atoms with van der Waals surface area (Å²) in [4.78, 5) is 4.01. The highest BCUT2D eigenvalue weighted by Crippen LogP contribution is 2.36. The van der Waals surface area contributed by atoms with Crippen LogP contribution in [0.1, 0.15) is 38.3 Å². The molecule has 0 bridgehead atoms. The topological polar surface area (TPSA) is 93.5 Å². The van der Waals surface area contributed by atoms with E-state index in [1.165, 1.54) is 12.5 Å². The molecule has 0 aliphatic carbocycles. The van der Waals surface area contributed by atoms with Gasteiger partial charge in [-0.25, -0.2) is 18.1 Å². The molecule has 1 atom stereocenters. The highest BCUT2D eigenvalue weighted by atomic mass is 32.2. The Kier molecular flexibility index (Phi) is 6.00. The van der Waals surface area contributed by atoms with Crippen molar-refractivity contribution in [3.63, 3.8) is 0 Å². The van der Waals surface area contributed by atoms with Gasteiger partial charge in [-0.1, -0.05) is 30.3 Å². The molecule has 1 fully saturated rings. The Labute approximate surface area is 160 Å². The van der Waals surface area contributed by atoms with Crippen molar-refractivity contribution in [3.8, 4) is 0 Å². The van der Waals surface area contributed by atoms with E-state index in [2.05, 4.69) is 9.71 Å². The minimum Gasteiger partial charge on any atom is -0.383 e. The lowest BCUT2D eigenvalue weighted by atomic mass is 9.77. The smallest absolute Gasteiger partial charge is 0.259 e. The van der Waals surface area contributed by atoms with Crippen molar-refractivity contribution in [3.05, 3.63) is 48.4 Å². The predicted molar refractivity (Wildman–Crippen MR) is 102 cm³/mol. The Morgan fingerprint density at radius 2 is 1.96 bits per heavy atom. The Bertz CT molecular complexity index is 845. The maximum atomic E-state index is 12.7. The highest BCUT2D eigenvalue weighted by Gasteiger charge is 2.40. The molecule has 1 saturated heterocycles. The summed E-state index contributed by atoms with van der Waals surface area (Å²) in [5.74, 6) is -0.0930. The van der Waals surface area contributed by atoms with Gasteiger partial charge < -0.3 is 14.4 Å². The number of hydrogen-bond donors (Lipinski definition) is 2. The fraction of sp³-hybridized carbons (Fsp3) is 0.526. The first-order chi connectivity index (χ1) is 12.8.